The Labute approximate surface area is 186 Å². The van der Waals surface area contributed by atoms with Crippen molar-refractivity contribution in [2.45, 2.75) is 46.2 Å². The molecule has 2 N–H and O–H groups in total. The van der Waals surface area contributed by atoms with Gasteiger partial charge in [-0.25, -0.2) is 9.98 Å². The molecule has 2 aromatic rings. The lowest BCUT2D eigenvalue weighted by Crippen LogP contribution is -2.38. The Balaban J connectivity index is 0.00000392. The molecule has 28 heavy (non-hydrogen) atoms. The van der Waals surface area contributed by atoms with Crippen LogP contribution >= 0.6 is 24.0 Å². The third kappa shape index (κ3) is 9.54. The van der Waals surface area contributed by atoms with Crippen LogP contribution in [0.4, 0.5) is 0 Å². The van der Waals surface area contributed by atoms with E-state index in [9.17, 15) is 0 Å². The van der Waals surface area contributed by atoms with Gasteiger partial charge in [0.25, 0.3) is 0 Å². The molecular formula is C21H34IN5O. The summed E-state index contributed by atoms with van der Waals surface area (Å²) in [6.45, 7) is 8.92. The van der Waals surface area contributed by atoms with Gasteiger partial charge in [0, 0.05) is 45.2 Å². The van der Waals surface area contributed by atoms with Crippen LogP contribution in [0.5, 0.6) is 0 Å². The molecule has 0 saturated carbocycles. The Kier molecular flexibility index (Phi) is 13.4. The number of rotatable bonds is 12. The fourth-order valence-corrected chi connectivity index (χ4v) is 2.64. The van der Waals surface area contributed by atoms with E-state index in [1.54, 1.807) is 0 Å². The van der Waals surface area contributed by atoms with Crippen molar-refractivity contribution in [3.8, 4) is 0 Å². The molecule has 0 aliphatic rings. The zero-order valence-corrected chi connectivity index (χ0v) is 19.4. The minimum Gasteiger partial charge on any atom is -0.381 e. The van der Waals surface area contributed by atoms with E-state index in [1.165, 1.54) is 12.0 Å². The molecule has 6 nitrogen and oxygen atoms in total. The van der Waals surface area contributed by atoms with E-state index in [0.29, 0.717) is 6.54 Å². The van der Waals surface area contributed by atoms with Gasteiger partial charge in [0.05, 0.1) is 0 Å². The highest BCUT2D eigenvalue weighted by molar-refractivity contribution is 14.0. The summed E-state index contributed by atoms with van der Waals surface area (Å²) in [6.07, 6.45) is 7.12. The summed E-state index contributed by atoms with van der Waals surface area (Å²) in [5, 5.41) is 6.65. The highest BCUT2D eigenvalue weighted by Crippen LogP contribution is 2.06. The molecule has 0 amide bonds. The molecule has 0 atom stereocenters. The van der Waals surface area contributed by atoms with Gasteiger partial charge in [0.15, 0.2) is 5.96 Å². The number of imidazole rings is 1. The van der Waals surface area contributed by atoms with E-state index >= 15 is 0 Å². The van der Waals surface area contributed by atoms with Crippen molar-refractivity contribution in [3.63, 3.8) is 0 Å². The predicted octanol–water partition coefficient (Wildman–Crippen LogP) is 3.81. The van der Waals surface area contributed by atoms with Crippen molar-refractivity contribution >= 4 is 29.9 Å². The summed E-state index contributed by atoms with van der Waals surface area (Å²) in [7, 11) is 0. The first-order valence-corrected chi connectivity index (χ1v) is 9.97. The number of aliphatic imine (C=N–C) groups is 1. The zero-order valence-electron chi connectivity index (χ0n) is 17.1. The fourth-order valence-electron chi connectivity index (χ4n) is 2.64. The maximum absolute atomic E-state index is 5.59. The lowest BCUT2D eigenvalue weighted by molar-refractivity contribution is 0.129. The SMILES string of the molecule is CCCCOCCCNC(=NCc1nccn1Cc1ccccc1)NCC.I. The molecule has 0 fully saturated rings. The van der Waals surface area contributed by atoms with Crippen LogP contribution in [-0.2, 0) is 17.8 Å². The minimum absolute atomic E-state index is 0. The van der Waals surface area contributed by atoms with Crippen molar-refractivity contribution in [1.82, 2.24) is 20.2 Å². The van der Waals surface area contributed by atoms with Crippen molar-refractivity contribution in [2.24, 2.45) is 4.99 Å². The Morgan fingerprint density at radius 2 is 1.89 bits per heavy atom. The third-order valence-electron chi connectivity index (χ3n) is 4.12. The number of unbranched alkanes of at least 4 members (excludes halogenated alkanes) is 1. The van der Waals surface area contributed by atoms with E-state index < -0.39 is 0 Å². The van der Waals surface area contributed by atoms with Gasteiger partial charge in [-0.3, -0.25) is 0 Å². The first kappa shape index (κ1) is 24.4. The lowest BCUT2D eigenvalue weighted by Gasteiger charge is -2.12. The van der Waals surface area contributed by atoms with Crippen LogP contribution in [0.3, 0.4) is 0 Å². The van der Waals surface area contributed by atoms with Crippen LogP contribution in [-0.4, -0.2) is 41.8 Å². The summed E-state index contributed by atoms with van der Waals surface area (Å²) in [5.41, 5.74) is 1.26. The quantitative estimate of drug-likeness (QED) is 0.202. The number of aromatic nitrogens is 2. The molecule has 0 aliphatic carbocycles. The summed E-state index contributed by atoms with van der Waals surface area (Å²) in [5.74, 6) is 1.78. The van der Waals surface area contributed by atoms with Crippen molar-refractivity contribution in [3.05, 3.63) is 54.1 Å². The number of ether oxygens (including phenoxy) is 1. The molecule has 1 aromatic heterocycles. The van der Waals surface area contributed by atoms with Gasteiger partial charge in [-0.15, -0.1) is 24.0 Å². The monoisotopic (exact) mass is 499 g/mol. The molecule has 1 heterocycles. The molecule has 7 heteroatoms. The molecule has 156 valence electrons. The summed E-state index contributed by atoms with van der Waals surface area (Å²) >= 11 is 0. The Morgan fingerprint density at radius 3 is 2.64 bits per heavy atom. The van der Waals surface area contributed by atoms with E-state index in [-0.39, 0.29) is 24.0 Å². The molecule has 0 spiro atoms. The van der Waals surface area contributed by atoms with Crippen LogP contribution in [0.1, 0.15) is 44.5 Å². The maximum atomic E-state index is 5.59. The molecule has 2 rings (SSSR count). The number of nitrogens with one attached hydrogen (secondary N) is 2. The fraction of sp³-hybridized carbons (Fsp3) is 0.524. The summed E-state index contributed by atoms with van der Waals surface area (Å²) in [4.78, 5) is 9.14. The topological polar surface area (TPSA) is 63.5 Å². The molecule has 0 saturated heterocycles. The second kappa shape index (κ2) is 15.3. The summed E-state index contributed by atoms with van der Waals surface area (Å²) in [6, 6.07) is 10.4. The van der Waals surface area contributed by atoms with E-state index in [1.807, 2.05) is 18.5 Å². The average Bonchev–Trinajstić information content (AvgIpc) is 3.13. The van der Waals surface area contributed by atoms with Gasteiger partial charge in [-0.1, -0.05) is 43.7 Å². The number of halogens is 1. The third-order valence-corrected chi connectivity index (χ3v) is 4.12. The van der Waals surface area contributed by atoms with E-state index in [4.69, 9.17) is 4.74 Å². The lowest BCUT2D eigenvalue weighted by atomic mass is 10.2. The van der Waals surface area contributed by atoms with Crippen molar-refractivity contribution < 1.29 is 4.74 Å². The normalized spacial score (nSPS) is 11.1. The standard InChI is InChI=1S/C21H33N5O.HI/c1-3-5-15-27-16-9-12-24-21(22-4-2)25-17-20-23-13-14-26(20)18-19-10-7-6-8-11-19;/h6-8,10-11,13-14H,3-5,9,12,15-18H2,1-2H3,(H2,22,24,25);1H. The van der Waals surface area contributed by atoms with Crippen LogP contribution in [0.15, 0.2) is 47.7 Å². The number of hydrogen-bond acceptors (Lipinski definition) is 3. The molecule has 0 unspecified atom stereocenters. The first-order chi connectivity index (χ1) is 13.3. The molecule has 0 radical (unpaired) electrons. The summed E-state index contributed by atoms with van der Waals surface area (Å²) < 4.78 is 7.74. The minimum atomic E-state index is 0. The van der Waals surface area contributed by atoms with Crippen LogP contribution < -0.4 is 10.6 Å². The van der Waals surface area contributed by atoms with Crippen LogP contribution in [0.25, 0.3) is 0 Å². The van der Waals surface area contributed by atoms with Crippen LogP contribution in [0, 0.1) is 0 Å². The average molecular weight is 499 g/mol. The van der Waals surface area contributed by atoms with Gasteiger partial charge < -0.3 is 19.9 Å². The molecule has 1 aromatic carbocycles. The van der Waals surface area contributed by atoms with Crippen molar-refractivity contribution in [2.75, 3.05) is 26.3 Å². The van der Waals surface area contributed by atoms with E-state index in [2.05, 4.69) is 63.3 Å². The van der Waals surface area contributed by atoms with Crippen LogP contribution in [0.2, 0.25) is 0 Å². The Hall–Kier alpha value is -1.61. The largest absolute Gasteiger partial charge is 0.381 e. The number of benzene rings is 1. The van der Waals surface area contributed by atoms with Gasteiger partial charge in [0.2, 0.25) is 0 Å². The first-order valence-electron chi connectivity index (χ1n) is 9.97. The van der Waals surface area contributed by atoms with Gasteiger partial charge in [-0.2, -0.15) is 0 Å². The second-order valence-electron chi connectivity index (χ2n) is 6.40. The molecule has 0 bridgehead atoms. The second-order valence-corrected chi connectivity index (χ2v) is 6.40. The number of guanidine groups is 1. The number of hydrogen-bond donors (Lipinski definition) is 2. The van der Waals surface area contributed by atoms with E-state index in [0.717, 1.165) is 57.5 Å². The molecular weight excluding hydrogens is 465 g/mol. The Bertz CT molecular complexity index is 660. The Morgan fingerprint density at radius 1 is 1.11 bits per heavy atom. The smallest absolute Gasteiger partial charge is 0.191 e. The number of nitrogens with zero attached hydrogens (tertiary/aromatic N) is 3. The van der Waals surface area contributed by atoms with Gasteiger partial charge in [-0.05, 0) is 25.3 Å². The van der Waals surface area contributed by atoms with Crippen molar-refractivity contribution in [1.29, 1.82) is 0 Å². The highest BCUT2D eigenvalue weighted by Gasteiger charge is 2.04. The van der Waals surface area contributed by atoms with Gasteiger partial charge >= 0.3 is 0 Å². The highest BCUT2D eigenvalue weighted by atomic mass is 127. The zero-order chi connectivity index (χ0) is 19.2. The predicted molar refractivity (Wildman–Crippen MR) is 126 cm³/mol. The molecule has 0 aliphatic heterocycles. The van der Waals surface area contributed by atoms with Gasteiger partial charge in [0.1, 0.15) is 12.4 Å². The maximum Gasteiger partial charge on any atom is 0.191 e.